The lowest BCUT2D eigenvalue weighted by Gasteiger charge is -2.24. The molecule has 2 rings (SSSR count). The summed E-state index contributed by atoms with van der Waals surface area (Å²) >= 11 is 0. The molecule has 2 unspecified atom stereocenters. The van der Waals surface area contributed by atoms with E-state index in [4.69, 9.17) is 4.74 Å². The molecule has 4 heteroatoms. The summed E-state index contributed by atoms with van der Waals surface area (Å²) in [5.41, 5.74) is 0.823. The van der Waals surface area contributed by atoms with E-state index in [-0.39, 0.29) is 17.9 Å². The van der Waals surface area contributed by atoms with Crippen LogP contribution < -0.4 is 15.0 Å². The molecule has 1 aliphatic heterocycles. The van der Waals surface area contributed by atoms with Crippen molar-refractivity contribution in [1.82, 2.24) is 5.32 Å². The molecule has 4 nitrogen and oxygen atoms in total. The van der Waals surface area contributed by atoms with Crippen LogP contribution in [0.3, 0.4) is 0 Å². The lowest BCUT2D eigenvalue weighted by Crippen LogP contribution is -2.38. The molecule has 1 heterocycles. The summed E-state index contributed by atoms with van der Waals surface area (Å²) in [5, 5.41) is 3.31. The molecule has 1 aliphatic rings. The van der Waals surface area contributed by atoms with E-state index in [0.717, 1.165) is 24.4 Å². The van der Waals surface area contributed by atoms with Crippen molar-refractivity contribution in [3.8, 4) is 5.75 Å². The number of hydrogen-bond donors (Lipinski definition) is 1. The quantitative estimate of drug-likeness (QED) is 0.884. The normalized spacial score (nSPS) is 22.8. The van der Waals surface area contributed by atoms with Gasteiger partial charge in [-0.25, -0.2) is 0 Å². The molecule has 0 aliphatic carbocycles. The maximum Gasteiger partial charge on any atom is 0.231 e. The van der Waals surface area contributed by atoms with Crippen molar-refractivity contribution in [1.29, 1.82) is 0 Å². The summed E-state index contributed by atoms with van der Waals surface area (Å²) in [4.78, 5) is 14.2. The van der Waals surface area contributed by atoms with E-state index >= 15 is 0 Å². The van der Waals surface area contributed by atoms with E-state index in [9.17, 15) is 4.79 Å². The average Bonchev–Trinajstić information content (AvgIpc) is 2.83. The number of carbonyl (C=O) groups excluding carboxylic acids is 1. The molecule has 0 bridgehead atoms. The van der Waals surface area contributed by atoms with Gasteiger partial charge in [0, 0.05) is 13.1 Å². The van der Waals surface area contributed by atoms with E-state index < -0.39 is 0 Å². The van der Waals surface area contributed by atoms with Crippen LogP contribution >= 0.6 is 0 Å². The van der Waals surface area contributed by atoms with Gasteiger partial charge in [0.1, 0.15) is 5.75 Å². The topological polar surface area (TPSA) is 41.6 Å². The van der Waals surface area contributed by atoms with Gasteiger partial charge >= 0.3 is 0 Å². The van der Waals surface area contributed by atoms with E-state index in [1.54, 1.807) is 12.0 Å². The predicted octanol–water partition coefficient (Wildman–Crippen LogP) is 1.66. The van der Waals surface area contributed by atoms with Crippen LogP contribution in [-0.2, 0) is 4.79 Å². The molecule has 1 saturated heterocycles. The van der Waals surface area contributed by atoms with Crippen LogP contribution in [0.1, 0.15) is 13.3 Å². The lowest BCUT2D eigenvalue weighted by atomic mass is 10.0. The molecule has 1 amide bonds. The highest BCUT2D eigenvalue weighted by atomic mass is 16.5. The van der Waals surface area contributed by atoms with Crippen LogP contribution in [0.25, 0.3) is 0 Å². The van der Waals surface area contributed by atoms with Gasteiger partial charge in [-0.05, 0) is 32.0 Å². The zero-order valence-electron chi connectivity index (χ0n) is 11.1. The van der Waals surface area contributed by atoms with Crippen molar-refractivity contribution >= 4 is 11.6 Å². The first-order valence-electron chi connectivity index (χ1n) is 6.29. The minimum Gasteiger partial charge on any atom is -0.495 e. The predicted molar refractivity (Wildman–Crippen MR) is 72.0 cm³/mol. The molecule has 1 aromatic carbocycles. The number of hydrogen-bond acceptors (Lipinski definition) is 3. The molecule has 1 fully saturated rings. The number of rotatable bonds is 3. The SMILES string of the molecule is COc1ccccc1N(C)C(=O)C1CCNC1C. The molecule has 0 aromatic heterocycles. The Morgan fingerprint density at radius 1 is 1.44 bits per heavy atom. The Balaban J connectivity index is 2.20. The van der Waals surface area contributed by atoms with Gasteiger partial charge in [-0.2, -0.15) is 0 Å². The summed E-state index contributed by atoms with van der Waals surface area (Å²) in [6, 6.07) is 7.84. The van der Waals surface area contributed by atoms with Crippen molar-refractivity contribution < 1.29 is 9.53 Å². The van der Waals surface area contributed by atoms with Crippen LogP contribution in [-0.4, -0.2) is 32.7 Å². The summed E-state index contributed by atoms with van der Waals surface area (Å²) in [5.74, 6) is 0.934. The highest BCUT2D eigenvalue weighted by molar-refractivity contribution is 5.96. The van der Waals surface area contributed by atoms with Crippen LogP contribution in [0.5, 0.6) is 5.75 Å². The Morgan fingerprint density at radius 3 is 2.78 bits per heavy atom. The zero-order chi connectivity index (χ0) is 13.1. The fourth-order valence-electron chi connectivity index (χ4n) is 2.47. The number of carbonyl (C=O) groups is 1. The number of benzene rings is 1. The number of para-hydroxylation sites is 2. The third-order valence-corrected chi connectivity index (χ3v) is 3.62. The Kier molecular flexibility index (Phi) is 3.87. The lowest BCUT2D eigenvalue weighted by molar-refractivity contribution is -0.122. The average molecular weight is 248 g/mol. The molecular weight excluding hydrogens is 228 g/mol. The van der Waals surface area contributed by atoms with Crippen LogP contribution in [0.2, 0.25) is 0 Å². The molecule has 0 radical (unpaired) electrons. The van der Waals surface area contributed by atoms with Gasteiger partial charge in [0.15, 0.2) is 0 Å². The Hall–Kier alpha value is -1.55. The third kappa shape index (κ3) is 2.34. The van der Waals surface area contributed by atoms with E-state index in [2.05, 4.69) is 12.2 Å². The molecule has 0 spiro atoms. The first-order valence-corrected chi connectivity index (χ1v) is 6.29. The molecule has 2 atom stereocenters. The standard InChI is InChI=1S/C14H20N2O2/c1-10-11(8-9-15-10)14(17)16(2)12-6-4-5-7-13(12)18-3/h4-7,10-11,15H,8-9H2,1-3H3. The smallest absolute Gasteiger partial charge is 0.231 e. The monoisotopic (exact) mass is 248 g/mol. The molecule has 98 valence electrons. The Bertz CT molecular complexity index is 434. The summed E-state index contributed by atoms with van der Waals surface area (Å²) in [6.07, 6.45) is 0.902. The Morgan fingerprint density at radius 2 is 2.17 bits per heavy atom. The van der Waals surface area contributed by atoms with Gasteiger partial charge in [0.05, 0.1) is 18.7 Å². The van der Waals surface area contributed by atoms with Crippen LogP contribution in [0, 0.1) is 5.92 Å². The fraction of sp³-hybridized carbons (Fsp3) is 0.500. The van der Waals surface area contributed by atoms with Gasteiger partial charge in [-0.15, -0.1) is 0 Å². The summed E-state index contributed by atoms with van der Waals surface area (Å²) in [6.45, 7) is 2.98. The second kappa shape index (κ2) is 5.40. The van der Waals surface area contributed by atoms with Gasteiger partial charge in [0.25, 0.3) is 0 Å². The highest BCUT2D eigenvalue weighted by Crippen LogP contribution is 2.29. The van der Waals surface area contributed by atoms with Crippen molar-refractivity contribution in [2.24, 2.45) is 5.92 Å². The molecule has 18 heavy (non-hydrogen) atoms. The van der Waals surface area contributed by atoms with Crippen LogP contribution in [0.15, 0.2) is 24.3 Å². The minimum absolute atomic E-state index is 0.0555. The molecule has 1 aromatic rings. The molecule has 1 N–H and O–H groups in total. The third-order valence-electron chi connectivity index (χ3n) is 3.62. The van der Waals surface area contributed by atoms with Crippen molar-refractivity contribution in [3.63, 3.8) is 0 Å². The van der Waals surface area contributed by atoms with Gasteiger partial charge in [-0.1, -0.05) is 12.1 Å². The number of nitrogens with one attached hydrogen (secondary N) is 1. The number of ether oxygens (including phenoxy) is 1. The maximum absolute atomic E-state index is 12.5. The molecular formula is C14H20N2O2. The van der Waals surface area contributed by atoms with Crippen molar-refractivity contribution in [3.05, 3.63) is 24.3 Å². The second-order valence-electron chi connectivity index (χ2n) is 4.71. The number of methoxy groups -OCH3 is 1. The zero-order valence-corrected chi connectivity index (χ0v) is 11.1. The largest absolute Gasteiger partial charge is 0.495 e. The van der Waals surface area contributed by atoms with Crippen LogP contribution in [0.4, 0.5) is 5.69 Å². The van der Waals surface area contributed by atoms with E-state index in [1.807, 2.05) is 31.3 Å². The van der Waals surface area contributed by atoms with Gasteiger partial charge < -0.3 is 15.0 Å². The maximum atomic E-state index is 12.5. The summed E-state index contributed by atoms with van der Waals surface area (Å²) < 4.78 is 5.30. The first kappa shape index (κ1) is 12.9. The Labute approximate surface area is 108 Å². The van der Waals surface area contributed by atoms with E-state index in [1.165, 1.54) is 0 Å². The first-order chi connectivity index (χ1) is 8.65. The van der Waals surface area contributed by atoms with Crippen molar-refractivity contribution in [2.45, 2.75) is 19.4 Å². The van der Waals surface area contributed by atoms with Crippen molar-refractivity contribution in [2.75, 3.05) is 25.6 Å². The highest BCUT2D eigenvalue weighted by Gasteiger charge is 2.32. The minimum atomic E-state index is 0.0555. The van der Waals surface area contributed by atoms with Gasteiger partial charge in [-0.3, -0.25) is 4.79 Å². The fourth-order valence-corrected chi connectivity index (χ4v) is 2.47. The van der Waals surface area contributed by atoms with Gasteiger partial charge in [0.2, 0.25) is 5.91 Å². The molecule has 0 saturated carbocycles. The number of nitrogens with zero attached hydrogens (tertiary/aromatic N) is 1. The second-order valence-corrected chi connectivity index (χ2v) is 4.71. The number of amides is 1. The van der Waals surface area contributed by atoms with E-state index in [0.29, 0.717) is 0 Å². The summed E-state index contributed by atoms with van der Waals surface area (Å²) in [7, 11) is 3.43. The number of anilines is 1.